The van der Waals surface area contributed by atoms with Crippen molar-refractivity contribution < 1.29 is 4.79 Å². The van der Waals surface area contributed by atoms with E-state index in [-0.39, 0.29) is 11.3 Å². The van der Waals surface area contributed by atoms with Gasteiger partial charge in [-0.15, -0.1) is 0 Å². The zero-order valence-electron chi connectivity index (χ0n) is 15.3. The second kappa shape index (κ2) is 8.48. The van der Waals surface area contributed by atoms with Crippen molar-refractivity contribution in [3.63, 3.8) is 0 Å². The SMILES string of the molecule is CC.CC.CC1(c2ccc(N)cc2)CCc2[nH]c(=O)ccc2C1=O. The number of nitrogens with two attached hydrogens (primary N) is 1. The maximum Gasteiger partial charge on any atom is 0.248 e. The molecule has 130 valence electrons. The van der Waals surface area contributed by atoms with Crippen LogP contribution in [0.25, 0.3) is 0 Å². The third-order valence-corrected chi connectivity index (χ3v) is 4.17. The Morgan fingerprint density at radius 1 is 0.958 bits per heavy atom. The fourth-order valence-corrected chi connectivity index (χ4v) is 2.84. The molecule has 4 heteroatoms. The van der Waals surface area contributed by atoms with Crippen LogP contribution in [0.1, 0.15) is 62.7 Å². The minimum absolute atomic E-state index is 0.0553. The standard InChI is InChI=1S/C16H16N2O2.2C2H6/c1-16(10-2-4-11(17)5-3-10)9-8-13-12(15(16)20)6-7-14(19)18-13;2*1-2/h2-7H,8-9,17H2,1H3,(H,18,19);2*1-2H3. The lowest BCUT2D eigenvalue weighted by atomic mass is 9.69. The molecule has 1 heterocycles. The van der Waals surface area contributed by atoms with Gasteiger partial charge in [0, 0.05) is 23.0 Å². The van der Waals surface area contributed by atoms with Crippen LogP contribution in [0.4, 0.5) is 5.69 Å². The Labute approximate surface area is 144 Å². The van der Waals surface area contributed by atoms with Crippen LogP contribution in [-0.4, -0.2) is 10.8 Å². The molecule has 0 saturated carbocycles. The van der Waals surface area contributed by atoms with E-state index in [9.17, 15) is 9.59 Å². The summed E-state index contributed by atoms with van der Waals surface area (Å²) in [4.78, 5) is 26.9. The smallest absolute Gasteiger partial charge is 0.248 e. The van der Waals surface area contributed by atoms with Crippen molar-refractivity contribution >= 4 is 11.5 Å². The summed E-state index contributed by atoms with van der Waals surface area (Å²) in [6.45, 7) is 9.95. The Hall–Kier alpha value is -2.36. The Morgan fingerprint density at radius 2 is 1.54 bits per heavy atom. The molecule has 1 aromatic carbocycles. The number of hydrogen-bond donors (Lipinski definition) is 2. The molecule has 3 rings (SSSR count). The first kappa shape index (κ1) is 19.7. The Kier molecular flexibility index (Phi) is 6.96. The minimum atomic E-state index is -0.557. The highest BCUT2D eigenvalue weighted by Gasteiger charge is 2.40. The molecule has 0 aliphatic heterocycles. The van der Waals surface area contributed by atoms with E-state index in [2.05, 4.69) is 4.98 Å². The zero-order chi connectivity index (χ0) is 18.3. The first-order valence-corrected chi connectivity index (χ1v) is 8.64. The van der Waals surface area contributed by atoms with Crippen LogP contribution in [0.2, 0.25) is 0 Å². The number of benzene rings is 1. The lowest BCUT2D eigenvalue weighted by Crippen LogP contribution is -2.38. The number of aromatic nitrogens is 1. The number of aromatic amines is 1. The van der Waals surface area contributed by atoms with Gasteiger partial charge < -0.3 is 10.7 Å². The van der Waals surface area contributed by atoms with Crippen molar-refractivity contribution in [3.8, 4) is 0 Å². The van der Waals surface area contributed by atoms with Gasteiger partial charge in [-0.1, -0.05) is 39.8 Å². The summed E-state index contributed by atoms with van der Waals surface area (Å²) < 4.78 is 0. The number of pyridine rings is 1. The number of H-pyrrole nitrogens is 1. The van der Waals surface area contributed by atoms with Crippen molar-refractivity contribution in [2.75, 3.05) is 5.73 Å². The summed E-state index contributed by atoms with van der Waals surface area (Å²) in [5.74, 6) is 0.0553. The molecule has 4 nitrogen and oxygen atoms in total. The van der Waals surface area contributed by atoms with Gasteiger partial charge in [-0.05, 0) is 43.5 Å². The topological polar surface area (TPSA) is 76.0 Å². The number of nitrogens with one attached hydrogen (secondary N) is 1. The monoisotopic (exact) mass is 328 g/mol. The maximum atomic E-state index is 12.8. The van der Waals surface area contributed by atoms with Gasteiger partial charge in [-0.2, -0.15) is 0 Å². The number of ketones is 1. The highest BCUT2D eigenvalue weighted by atomic mass is 16.1. The predicted octanol–water partition coefficient (Wildman–Crippen LogP) is 4.10. The molecule has 0 radical (unpaired) electrons. The summed E-state index contributed by atoms with van der Waals surface area (Å²) >= 11 is 0. The van der Waals surface area contributed by atoms with E-state index < -0.39 is 5.41 Å². The number of carbonyl (C=O) groups is 1. The average molecular weight is 328 g/mol. The van der Waals surface area contributed by atoms with Crippen LogP contribution in [0.3, 0.4) is 0 Å². The second-order valence-corrected chi connectivity index (χ2v) is 5.50. The molecular formula is C20H28N2O2. The Morgan fingerprint density at radius 3 is 2.12 bits per heavy atom. The molecule has 3 N–H and O–H groups in total. The largest absolute Gasteiger partial charge is 0.399 e. The first-order chi connectivity index (χ1) is 11.5. The fraction of sp³-hybridized carbons (Fsp3) is 0.400. The number of carbonyl (C=O) groups excluding carboxylic acids is 1. The van der Waals surface area contributed by atoms with Gasteiger partial charge in [0.15, 0.2) is 5.78 Å². The van der Waals surface area contributed by atoms with E-state index in [1.165, 1.54) is 6.07 Å². The van der Waals surface area contributed by atoms with Crippen molar-refractivity contribution in [3.05, 3.63) is 63.6 Å². The van der Waals surface area contributed by atoms with E-state index in [0.29, 0.717) is 24.1 Å². The normalized spacial score (nSPS) is 18.5. The second-order valence-electron chi connectivity index (χ2n) is 5.50. The van der Waals surface area contributed by atoms with E-state index >= 15 is 0 Å². The molecule has 0 spiro atoms. The van der Waals surface area contributed by atoms with E-state index in [1.54, 1.807) is 6.07 Å². The van der Waals surface area contributed by atoms with Gasteiger partial charge >= 0.3 is 0 Å². The van der Waals surface area contributed by atoms with Crippen LogP contribution in [0, 0.1) is 0 Å². The van der Waals surface area contributed by atoms with E-state index in [4.69, 9.17) is 5.73 Å². The highest BCUT2D eigenvalue weighted by Crippen LogP contribution is 2.37. The molecule has 1 aromatic heterocycles. The minimum Gasteiger partial charge on any atom is -0.399 e. The van der Waals surface area contributed by atoms with Gasteiger partial charge in [-0.25, -0.2) is 0 Å². The third kappa shape index (κ3) is 3.75. The number of aryl methyl sites for hydroxylation is 1. The molecule has 1 aliphatic carbocycles. The predicted molar refractivity (Wildman–Crippen MR) is 101 cm³/mol. The third-order valence-electron chi connectivity index (χ3n) is 4.17. The van der Waals surface area contributed by atoms with Crippen LogP contribution in [-0.2, 0) is 11.8 Å². The van der Waals surface area contributed by atoms with Crippen molar-refractivity contribution in [1.29, 1.82) is 0 Å². The molecule has 24 heavy (non-hydrogen) atoms. The van der Waals surface area contributed by atoms with Gasteiger partial charge in [0.25, 0.3) is 0 Å². The van der Waals surface area contributed by atoms with Gasteiger partial charge in [-0.3, -0.25) is 9.59 Å². The number of hydrogen-bond acceptors (Lipinski definition) is 3. The lowest BCUT2D eigenvalue weighted by Gasteiger charge is -2.33. The molecule has 1 atom stereocenters. The molecule has 0 bridgehead atoms. The number of Topliss-reactive ketones (excluding diaryl/α,β-unsaturated/α-hetero) is 1. The maximum absolute atomic E-state index is 12.8. The summed E-state index contributed by atoms with van der Waals surface area (Å²) in [6.07, 6.45) is 1.38. The fourth-order valence-electron chi connectivity index (χ4n) is 2.84. The molecule has 0 amide bonds. The van der Waals surface area contributed by atoms with Crippen molar-refractivity contribution in [1.82, 2.24) is 4.98 Å². The van der Waals surface area contributed by atoms with Crippen molar-refractivity contribution in [2.24, 2.45) is 0 Å². The number of nitrogen functional groups attached to an aromatic ring is 1. The molecule has 0 saturated heterocycles. The van der Waals surface area contributed by atoms with Crippen LogP contribution >= 0.6 is 0 Å². The molecule has 1 aliphatic rings. The van der Waals surface area contributed by atoms with Gasteiger partial charge in [0.05, 0.1) is 5.41 Å². The van der Waals surface area contributed by atoms with Crippen LogP contribution in [0.5, 0.6) is 0 Å². The Bertz CT molecular complexity index is 732. The number of fused-ring (bicyclic) bond motifs is 1. The molecule has 1 unspecified atom stereocenters. The summed E-state index contributed by atoms with van der Waals surface area (Å²) in [5.41, 5.74) is 8.00. The molecule has 2 aromatic rings. The first-order valence-electron chi connectivity index (χ1n) is 8.64. The van der Waals surface area contributed by atoms with Gasteiger partial charge in [0.2, 0.25) is 5.56 Å². The lowest BCUT2D eigenvalue weighted by molar-refractivity contribution is 0.0874. The quantitative estimate of drug-likeness (QED) is 0.774. The molecular weight excluding hydrogens is 300 g/mol. The summed E-state index contributed by atoms with van der Waals surface area (Å²) in [5, 5.41) is 0. The van der Waals surface area contributed by atoms with Gasteiger partial charge in [0.1, 0.15) is 0 Å². The average Bonchev–Trinajstić information content (AvgIpc) is 2.62. The Balaban J connectivity index is 0.000000671. The van der Waals surface area contributed by atoms with Crippen LogP contribution in [0.15, 0.2) is 41.2 Å². The zero-order valence-corrected chi connectivity index (χ0v) is 15.3. The number of anilines is 1. The van der Waals surface area contributed by atoms with E-state index in [1.807, 2.05) is 58.9 Å². The summed E-state index contributed by atoms with van der Waals surface area (Å²) in [6, 6.07) is 10.5. The molecule has 0 fully saturated rings. The van der Waals surface area contributed by atoms with Crippen molar-refractivity contribution in [2.45, 2.75) is 52.9 Å². The number of rotatable bonds is 1. The summed E-state index contributed by atoms with van der Waals surface area (Å²) in [7, 11) is 0. The van der Waals surface area contributed by atoms with E-state index in [0.717, 1.165) is 11.3 Å². The van der Waals surface area contributed by atoms with Crippen LogP contribution < -0.4 is 11.3 Å². The highest BCUT2D eigenvalue weighted by molar-refractivity contribution is 6.05.